The number of hydrogen-bond donors (Lipinski definition) is 0. The second kappa shape index (κ2) is 7.96. The summed E-state index contributed by atoms with van der Waals surface area (Å²) in [7, 11) is -0.744. The highest BCUT2D eigenvalue weighted by Gasteiger charge is 2.49. The molecule has 0 N–H and O–H groups in total. The summed E-state index contributed by atoms with van der Waals surface area (Å²) in [6.45, 7) is 10.5. The molecule has 0 radical (unpaired) electrons. The van der Waals surface area contributed by atoms with Crippen LogP contribution in [-0.4, -0.2) is 43.5 Å². The zero-order chi connectivity index (χ0) is 16.2. The molecule has 0 aliphatic carbocycles. The molecule has 8 heteroatoms. The fraction of sp³-hybridized carbons (Fsp3) is 0.692. The molecule has 1 saturated heterocycles. The Kier molecular flexibility index (Phi) is 6.89. The fourth-order valence-corrected chi connectivity index (χ4v) is 2.00. The van der Waals surface area contributed by atoms with Crippen molar-refractivity contribution in [3.63, 3.8) is 0 Å². The summed E-state index contributed by atoms with van der Waals surface area (Å²) in [4.78, 5) is 24.0. The molecule has 6 nitrogen and oxygen atoms in total. The molecule has 1 rings (SSSR count). The van der Waals surface area contributed by atoms with E-state index in [2.05, 4.69) is 22.5 Å². The molecule has 0 aromatic rings. The van der Waals surface area contributed by atoms with Crippen LogP contribution in [0.2, 0.25) is 6.32 Å². The maximum Gasteiger partial charge on any atom is 0.463 e. The SMILES string of the molecule is C=C(Br)CB1OC(C(=O)OC(C)C)C(C(=O)OC(C)C)O1. The van der Waals surface area contributed by atoms with E-state index in [1.54, 1.807) is 27.7 Å². The highest BCUT2D eigenvalue weighted by Crippen LogP contribution is 2.25. The van der Waals surface area contributed by atoms with Gasteiger partial charge in [0.1, 0.15) is 0 Å². The summed E-state index contributed by atoms with van der Waals surface area (Å²) in [6, 6.07) is 0. The number of hydrogen-bond acceptors (Lipinski definition) is 6. The summed E-state index contributed by atoms with van der Waals surface area (Å²) in [5.41, 5.74) is 0. The van der Waals surface area contributed by atoms with Crippen LogP contribution < -0.4 is 0 Å². The van der Waals surface area contributed by atoms with Crippen LogP contribution in [0, 0.1) is 0 Å². The van der Waals surface area contributed by atoms with Gasteiger partial charge in [-0.3, -0.25) is 0 Å². The van der Waals surface area contributed by atoms with E-state index in [0.717, 1.165) is 0 Å². The second-order valence-corrected chi connectivity index (χ2v) is 6.36. The first-order valence-corrected chi connectivity index (χ1v) is 7.55. The number of carbonyl (C=O) groups is 2. The maximum atomic E-state index is 12.0. The Bertz CT molecular complexity index is 381. The van der Waals surface area contributed by atoms with E-state index in [1.807, 2.05) is 0 Å². The Morgan fingerprint density at radius 3 is 1.76 bits per heavy atom. The molecule has 1 heterocycles. The first kappa shape index (κ1) is 18.2. The maximum absolute atomic E-state index is 12.0. The minimum Gasteiger partial charge on any atom is -0.461 e. The first-order valence-electron chi connectivity index (χ1n) is 6.76. The standard InChI is InChI=1S/C13H20BBrO6/c1-7(2)18-12(16)10-11(13(17)19-8(3)4)21-14(20-10)6-9(5)15/h7-8,10-11H,5-6H2,1-4H3. The van der Waals surface area contributed by atoms with Gasteiger partial charge in [-0.1, -0.05) is 22.5 Å². The van der Waals surface area contributed by atoms with Crippen LogP contribution in [0.15, 0.2) is 11.1 Å². The molecule has 0 spiro atoms. The van der Waals surface area contributed by atoms with Gasteiger partial charge in [0.05, 0.1) is 12.2 Å². The minimum atomic E-state index is -1.13. The predicted molar refractivity (Wildman–Crippen MR) is 80.8 cm³/mol. The van der Waals surface area contributed by atoms with Crippen LogP contribution >= 0.6 is 15.9 Å². The van der Waals surface area contributed by atoms with Gasteiger partial charge < -0.3 is 18.8 Å². The van der Waals surface area contributed by atoms with Crippen LogP contribution in [0.4, 0.5) is 0 Å². The van der Waals surface area contributed by atoms with Crippen molar-refractivity contribution in [1.29, 1.82) is 0 Å². The number of carbonyl (C=O) groups excluding carboxylic acids is 2. The molecule has 21 heavy (non-hydrogen) atoms. The van der Waals surface area contributed by atoms with Crippen molar-refractivity contribution in [2.24, 2.45) is 0 Å². The Morgan fingerprint density at radius 2 is 1.48 bits per heavy atom. The molecular weight excluding hydrogens is 343 g/mol. The van der Waals surface area contributed by atoms with Gasteiger partial charge >= 0.3 is 19.1 Å². The van der Waals surface area contributed by atoms with E-state index < -0.39 is 31.3 Å². The van der Waals surface area contributed by atoms with Crippen molar-refractivity contribution < 1.29 is 28.4 Å². The van der Waals surface area contributed by atoms with Crippen molar-refractivity contribution in [3.05, 3.63) is 11.1 Å². The number of rotatable bonds is 6. The normalized spacial score (nSPS) is 21.8. The summed E-state index contributed by atoms with van der Waals surface area (Å²) >= 11 is 3.19. The molecule has 0 saturated carbocycles. The Labute approximate surface area is 133 Å². The van der Waals surface area contributed by atoms with Crippen LogP contribution in [0.25, 0.3) is 0 Å². The van der Waals surface area contributed by atoms with Gasteiger partial charge in [0.15, 0.2) is 12.2 Å². The highest BCUT2D eigenvalue weighted by atomic mass is 79.9. The van der Waals surface area contributed by atoms with Crippen molar-refractivity contribution in [3.8, 4) is 0 Å². The lowest BCUT2D eigenvalue weighted by molar-refractivity contribution is -0.167. The minimum absolute atomic E-state index is 0.312. The van der Waals surface area contributed by atoms with Gasteiger partial charge in [0.25, 0.3) is 0 Å². The predicted octanol–water partition coefficient (Wildman–Crippen LogP) is 2.07. The smallest absolute Gasteiger partial charge is 0.461 e. The molecule has 0 bridgehead atoms. The van der Waals surface area contributed by atoms with E-state index in [1.165, 1.54) is 0 Å². The number of halogens is 1. The van der Waals surface area contributed by atoms with Gasteiger partial charge in [-0.2, -0.15) is 0 Å². The Hall–Kier alpha value is -0.855. The number of allylic oxidation sites excluding steroid dienone is 1. The van der Waals surface area contributed by atoms with Gasteiger partial charge in [0.2, 0.25) is 0 Å². The first-order chi connectivity index (χ1) is 9.70. The summed E-state index contributed by atoms with van der Waals surface area (Å²) in [5, 5.41) is 0. The monoisotopic (exact) mass is 362 g/mol. The third kappa shape index (κ3) is 5.80. The zero-order valence-corrected chi connectivity index (χ0v) is 14.2. The van der Waals surface area contributed by atoms with Crippen LogP contribution in [0.1, 0.15) is 27.7 Å². The topological polar surface area (TPSA) is 71.1 Å². The fourth-order valence-electron chi connectivity index (χ4n) is 1.74. The lowest BCUT2D eigenvalue weighted by Crippen LogP contribution is -2.40. The molecule has 2 atom stereocenters. The average molecular weight is 363 g/mol. The Balaban J connectivity index is 2.80. The largest absolute Gasteiger partial charge is 0.463 e. The third-order valence-corrected chi connectivity index (χ3v) is 2.75. The average Bonchev–Trinajstić information content (AvgIpc) is 2.70. The molecule has 1 aliphatic rings. The molecule has 1 fully saturated rings. The van der Waals surface area contributed by atoms with Crippen LogP contribution in [0.5, 0.6) is 0 Å². The van der Waals surface area contributed by atoms with Crippen molar-refractivity contribution >= 4 is 35.0 Å². The molecule has 118 valence electrons. The molecule has 1 aliphatic heterocycles. The van der Waals surface area contributed by atoms with Gasteiger partial charge in [-0.15, -0.1) is 0 Å². The number of esters is 2. The van der Waals surface area contributed by atoms with Crippen molar-refractivity contribution in [1.82, 2.24) is 0 Å². The lowest BCUT2D eigenvalue weighted by Gasteiger charge is -2.18. The van der Waals surface area contributed by atoms with Crippen molar-refractivity contribution in [2.45, 2.75) is 58.4 Å². The lowest BCUT2D eigenvalue weighted by atomic mass is 9.85. The molecule has 2 unspecified atom stereocenters. The van der Waals surface area contributed by atoms with Crippen LogP contribution in [-0.2, 0) is 28.4 Å². The van der Waals surface area contributed by atoms with E-state index in [4.69, 9.17) is 18.8 Å². The van der Waals surface area contributed by atoms with Crippen molar-refractivity contribution in [2.75, 3.05) is 0 Å². The quantitative estimate of drug-likeness (QED) is 0.532. The zero-order valence-electron chi connectivity index (χ0n) is 12.6. The Morgan fingerprint density at radius 1 is 1.10 bits per heavy atom. The van der Waals surface area contributed by atoms with Gasteiger partial charge in [-0.05, 0) is 32.2 Å². The molecular formula is C13H20BBrO6. The molecule has 0 aromatic heterocycles. The van der Waals surface area contributed by atoms with E-state index in [-0.39, 0.29) is 12.2 Å². The third-order valence-electron chi connectivity index (χ3n) is 2.43. The molecule has 0 aromatic carbocycles. The summed E-state index contributed by atoms with van der Waals surface area (Å²) in [6.07, 6.45) is -2.57. The number of ether oxygens (including phenoxy) is 2. The summed E-state index contributed by atoms with van der Waals surface area (Å²) < 4.78 is 21.7. The van der Waals surface area contributed by atoms with Crippen LogP contribution in [0.3, 0.4) is 0 Å². The van der Waals surface area contributed by atoms with Gasteiger partial charge in [0, 0.05) is 6.32 Å². The van der Waals surface area contributed by atoms with Gasteiger partial charge in [-0.25, -0.2) is 9.59 Å². The van der Waals surface area contributed by atoms with E-state index in [0.29, 0.717) is 10.8 Å². The molecule has 0 amide bonds. The van der Waals surface area contributed by atoms with E-state index in [9.17, 15) is 9.59 Å². The van der Waals surface area contributed by atoms with E-state index >= 15 is 0 Å². The second-order valence-electron chi connectivity index (χ2n) is 5.24. The highest BCUT2D eigenvalue weighted by molar-refractivity contribution is 9.11. The summed E-state index contributed by atoms with van der Waals surface area (Å²) in [5.74, 6) is -1.28.